The fourth-order valence-electron chi connectivity index (χ4n) is 3.45. The van der Waals surface area contributed by atoms with Gasteiger partial charge in [0.05, 0.1) is 5.41 Å². The molecule has 1 aliphatic carbocycles. The van der Waals surface area contributed by atoms with Gasteiger partial charge in [-0.15, -0.1) is 0 Å². The summed E-state index contributed by atoms with van der Waals surface area (Å²) >= 11 is 0. The summed E-state index contributed by atoms with van der Waals surface area (Å²) < 4.78 is 0. The maximum Gasteiger partial charge on any atom is 0.230 e. The normalized spacial score (nSPS) is 36.3. The Kier molecular flexibility index (Phi) is 3.45. The maximum atomic E-state index is 12.7. The number of hydrogen-bond acceptors (Lipinski definition) is 3. The fourth-order valence-corrected chi connectivity index (χ4v) is 3.45. The highest BCUT2D eigenvalue weighted by Gasteiger charge is 2.50. The van der Waals surface area contributed by atoms with Crippen LogP contribution in [0.5, 0.6) is 0 Å². The van der Waals surface area contributed by atoms with Crippen LogP contribution < -0.4 is 5.73 Å². The molecular weight excluding hydrogens is 226 g/mol. The lowest BCUT2D eigenvalue weighted by molar-refractivity contribution is -0.154. The van der Waals surface area contributed by atoms with Gasteiger partial charge in [-0.25, -0.2) is 0 Å². The van der Waals surface area contributed by atoms with Crippen LogP contribution in [-0.2, 0) is 4.79 Å². The first-order valence-corrected chi connectivity index (χ1v) is 7.01. The lowest BCUT2D eigenvalue weighted by Crippen LogP contribution is -2.63. The molecule has 1 amide bonds. The van der Waals surface area contributed by atoms with Crippen molar-refractivity contribution >= 4 is 5.91 Å². The monoisotopic (exact) mass is 253 g/mol. The summed E-state index contributed by atoms with van der Waals surface area (Å²) in [5, 5.41) is 0. The lowest BCUT2D eigenvalue weighted by atomic mass is 9.61. The summed E-state index contributed by atoms with van der Waals surface area (Å²) in [6.45, 7) is 9.72. The molecule has 0 bridgehead atoms. The van der Waals surface area contributed by atoms with Crippen LogP contribution in [0.15, 0.2) is 0 Å². The third-order valence-corrected chi connectivity index (χ3v) is 4.93. The van der Waals surface area contributed by atoms with E-state index in [4.69, 9.17) is 5.73 Å². The first-order chi connectivity index (χ1) is 8.31. The second-order valence-corrected chi connectivity index (χ2v) is 6.96. The lowest BCUT2D eigenvalue weighted by Gasteiger charge is -2.51. The molecule has 0 radical (unpaired) electrons. The third-order valence-electron chi connectivity index (χ3n) is 4.93. The van der Waals surface area contributed by atoms with E-state index < -0.39 is 0 Å². The molecule has 0 aromatic carbocycles. The number of piperazine rings is 1. The Labute approximate surface area is 110 Å². The number of nitrogens with two attached hydrogens (primary N) is 1. The molecule has 2 aliphatic rings. The number of likely N-dealkylation sites (N-methyl/N-ethyl adjacent to an activating group) is 1. The molecule has 0 aromatic rings. The number of rotatable bonds is 2. The molecule has 2 rings (SSSR count). The summed E-state index contributed by atoms with van der Waals surface area (Å²) in [4.78, 5) is 17.1. The van der Waals surface area contributed by atoms with E-state index in [1.165, 1.54) is 0 Å². The fraction of sp³-hybridized carbons (Fsp3) is 0.929. The van der Waals surface area contributed by atoms with Crippen LogP contribution in [0.4, 0.5) is 0 Å². The Balaban J connectivity index is 2.06. The van der Waals surface area contributed by atoms with Gasteiger partial charge in [-0.2, -0.15) is 0 Å². The van der Waals surface area contributed by atoms with E-state index >= 15 is 0 Å². The van der Waals surface area contributed by atoms with Crippen molar-refractivity contribution in [1.82, 2.24) is 9.80 Å². The average Bonchev–Trinajstić information content (AvgIpc) is 2.27. The highest BCUT2D eigenvalue weighted by Crippen LogP contribution is 2.46. The Morgan fingerprint density at radius 3 is 2.39 bits per heavy atom. The van der Waals surface area contributed by atoms with Crippen LogP contribution in [0.3, 0.4) is 0 Å². The molecular formula is C14H27N3O. The zero-order valence-corrected chi connectivity index (χ0v) is 12.2. The second kappa shape index (κ2) is 4.49. The van der Waals surface area contributed by atoms with Gasteiger partial charge < -0.3 is 10.6 Å². The van der Waals surface area contributed by atoms with Gasteiger partial charge in [-0.3, -0.25) is 9.69 Å². The third kappa shape index (κ3) is 2.16. The second-order valence-electron chi connectivity index (χ2n) is 6.96. The summed E-state index contributed by atoms with van der Waals surface area (Å²) in [6.07, 6.45) is 1.93. The molecule has 1 saturated heterocycles. The van der Waals surface area contributed by atoms with Crippen molar-refractivity contribution in [3.8, 4) is 0 Å². The molecule has 0 aromatic heterocycles. The molecule has 18 heavy (non-hydrogen) atoms. The van der Waals surface area contributed by atoms with Gasteiger partial charge in [0, 0.05) is 31.7 Å². The highest BCUT2D eigenvalue weighted by molar-refractivity contribution is 5.84. The van der Waals surface area contributed by atoms with Crippen LogP contribution in [-0.4, -0.2) is 54.5 Å². The SMILES string of the molecule is CC1CC(CN)(C(=O)N2CCN(C)C(C)(C)C2)C1. The van der Waals surface area contributed by atoms with Crippen molar-refractivity contribution in [3.05, 3.63) is 0 Å². The van der Waals surface area contributed by atoms with Gasteiger partial charge in [-0.1, -0.05) is 6.92 Å². The Morgan fingerprint density at radius 2 is 1.94 bits per heavy atom. The van der Waals surface area contributed by atoms with Gasteiger partial charge in [0.1, 0.15) is 0 Å². The van der Waals surface area contributed by atoms with Crippen molar-refractivity contribution in [2.45, 2.75) is 39.2 Å². The van der Waals surface area contributed by atoms with Crippen molar-refractivity contribution in [2.24, 2.45) is 17.1 Å². The van der Waals surface area contributed by atoms with E-state index in [-0.39, 0.29) is 11.0 Å². The molecule has 2 fully saturated rings. The summed E-state index contributed by atoms with van der Waals surface area (Å²) in [5.74, 6) is 0.947. The predicted molar refractivity (Wildman–Crippen MR) is 73.2 cm³/mol. The quantitative estimate of drug-likeness (QED) is 0.796. The first-order valence-electron chi connectivity index (χ1n) is 7.01. The van der Waals surface area contributed by atoms with Crippen LogP contribution >= 0.6 is 0 Å². The summed E-state index contributed by atoms with van der Waals surface area (Å²) in [6, 6.07) is 0. The van der Waals surface area contributed by atoms with E-state index in [0.29, 0.717) is 18.4 Å². The van der Waals surface area contributed by atoms with Gasteiger partial charge in [0.2, 0.25) is 5.91 Å². The molecule has 0 spiro atoms. The molecule has 1 aliphatic heterocycles. The van der Waals surface area contributed by atoms with Crippen molar-refractivity contribution in [2.75, 3.05) is 33.2 Å². The smallest absolute Gasteiger partial charge is 0.230 e. The molecule has 1 saturated carbocycles. The van der Waals surface area contributed by atoms with E-state index in [9.17, 15) is 4.79 Å². The van der Waals surface area contributed by atoms with E-state index in [1.54, 1.807) is 0 Å². The minimum absolute atomic E-state index is 0.0685. The topological polar surface area (TPSA) is 49.6 Å². The minimum atomic E-state index is -0.245. The molecule has 1 heterocycles. The van der Waals surface area contributed by atoms with Crippen molar-refractivity contribution in [3.63, 3.8) is 0 Å². The van der Waals surface area contributed by atoms with Crippen LogP contribution in [0.25, 0.3) is 0 Å². The first kappa shape index (κ1) is 13.8. The summed E-state index contributed by atoms with van der Waals surface area (Å²) in [5.41, 5.74) is 5.70. The standard InChI is InChI=1S/C14H27N3O/c1-11-7-14(8-11,9-15)12(18)17-6-5-16(4)13(2,3)10-17/h11H,5-10,15H2,1-4H3. The molecule has 2 N–H and O–H groups in total. The zero-order valence-electron chi connectivity index (χ0n) is 12.2. The zero-order chi connectivity index (χ0) is 13.6. The average molecular weight is 253 g/mol. The van der Waals surface area contributed by atoms with E-state index in [2.05, 4.69) is 32.7 Å². The molecule has 0 unspecified atom stereocenters. The highest BCUT2D eigenvalue weighted by atomic mass is 16.2. The molecule has 4 nitrogen and oxygen atoms in total. The maximum absolute atomic E-state index is 12.7. The Bertz CT molecular complexity index is 334. The summed E-state index contributed by atoms with van der Waals surface area (Å²) in [7, 11) is 2.13. The van der Waals surface area contributed by atoms with Crippen molar-refractivity contribution < 1.29 is 4.79 Å². The molecule has 4 heteroatoms. The van der Waals surface area contributed by atoms with Crippen LogP contribution in [0.1, 0.15) is 33.6 Å². The van der Waals surface area contributed by atoms with Gasteiger partial charge in [-0.05, 0) is 39.7 Å². The number of carbonyl (C=O) groups excluding carboxylic acids is 1. The number of carbonyl (C=O) groups is 1. The van der Waals surface area contributed by atoms with Crippen molar-refractivity contribution in [1.29, 1.82) is 0 Å². The van der Waals surface area contributed by atoms with Gasteiger partial charge in [0.25, 0.3) is 0 Å². The molecule has 0 atom stereocenters. The van der Waals surface area contributed by atoms with Crippen LogP contribution in [0.2, 0.25) is 0 Å². The minimum Gasteiger partial charge on any atom is -0.339 e. The van der Waals surface area contributed by atoms with Gasteiger partial charge >= 0.3 is 0 Å². The number of amides is 1. The number of hydrogen-bond donors (Lipinski definition) is 1. The van der Waals surface area contributed by atoms with Gasteiger partial charge in [0.15, 0.2) is 0 Å². The van der Waals surface area contributed by atoms with E-state index in [1.807, 2.05) is 4.90 Å². The van der Waals surface area contributed by atoms with E-state index in [0.717, 1.165) is 32.5 Å². The predicted octanol–water partition coefficient (Wildman–Crippen LogP) is 0.914. The number of nitrogens with zero attached hydrogens (tertiary/aromatic N) is 2. The Morgan fingerprint density at radius 1 is 1.33 bits per heavy atom. The molecule has 104 valence electrons. The largest absolute Gasteiger partial charge is 0.339 e. The van der Waals surface area contributed by atoms with Crippen LogP contribution in [0, 0.1) is 11.3 Å². The Hall–Kier alpha value is -0.610.